The van der Waals surface area contributed by atoms with Gasteiger partial charge in [-0.2, -0.15) is 0 Å². The Kier molecular flexibility index (Phi) is 6.88. The molecular weight excluding hydrogens is 470 g/mol. The zero-order chi connectivity index (χ0) is 24.5. The van der Waals surface area contributed by atoms with Crippen LogP contribution in [-0.2, 0) is 11.3 Å². The minimum absolute atomic E-state index is 0.0268. The van der Waals surface area contributed by atoms with E-state index in [1.54, 1.807) is 6.07 Å². The Morgan fingerprint density at radius 3 is 2.49 bits per heavy atom. The smallest absolute Gasteiger partial charge is 0.410 e. The highest BCUT2D eigenvalue weighted by atomic mass is 32.1. The molecule has 0 radical (unpaired) electrons. The number of aromatic nitrogens is 1. The number of ether oxygens (including phenoxy) is 1. The zero-order valence-electron chi connectivity index (χ0n) is 20.0. The van der Waals surface area contributed by atoms with Crippen molar-refractivity contribution >= 4 is 32.8 Å². The third kappa shape index (κ3) is 5.41. The van der Waals surface area contributed by atoms with Crippen molar-refractivity contribution in [1.82, 2.24) is 14.8 Å². The lowest BCUT2D eigenvalue weighted by atomic mass is 10.1. The lowest BCUT2D eigenvalue weighted by molar-refractivity contribution is 0.0166. The van der Waals surface area contributed by atoms with Crippen molar-refractivity contribution in [2.45, 2.75) is 51.4 Å². The van der Waals surface area contributed by atoms with E-state index in [1.165, 1.54) is 35.6 Å². The second-order valence-corrected chi connectivity index (χ2v) is 10.6. The summed E-state index contributed by atoms with van der Waals surface area (Å²) < 4.78 is 33.4. The third-order valence-corrected chi connectivity index (χ3v) is 7.98. The quantitative estimate of drug-likeness (QED) is 0.488. The molecular formula is C26H30F2N4O2S. The van der Waals surface area contributed by atoms with E-state index >= 15 is 0 Å². The summed E-state index contributed by atoms with van der Waals surface area (Å²) in [7, 11) is 0. The van der Waals surface area contributed by atoms with E-state index in [0.29, 0.717) is 13.1 Å². The summed E-state index contributed by atoms with van der Waals surface area (Å²) >= 11 is 1.48. The van der Waals surface area contributed by atoms with Gasteiger partial charge in [-0.15, -0.1) is 0 Å². The highest BCUT2D eigenvalue weighted by Gasteiger charge is 2.35. The normalized spacial score (nSPS) is 22.1. The van der Waals surface area contributed by atoms with Gasteiger partial charge in [0, 0.05) is 44.8 Å². The number of amides is 1. The molecule has 2 aliphatic heterocycles. The molecule has 0 bridgehead atoms. The summed E-state index contributed by atoms with van der Waals surface area (Å²) in [5.74, 6) is -0.484. The number of benzene rings is 2. The number of piperazine rings is 1. The number of carbonyl (C=O) groups is 1. The van der Waals surface area contributed by atoms with E-state index in [2.05, 4.69) is 21.7 Å². The monoisotopic (exact) mass is 500 g/mol. The van der Waals surface area contributed by atoms with Crippen molar-refractivity contribution in [3.8, 4) is 0 Å². The minimum Gasteiger partial charge on any atom is -0.446 e. The summed E-state index contributed by atoms with van der Waals surface area (Å²) in [6.07, 6.45) is 1.23. The van der Waals surface area contributed by atoms with Crippen LogP contribution < -0.4 is 4.90 Å². The Morgan fingerprint density at radius 2 is 1.74 bits per heavy atom. The van der Waals surface area contributed by atoms with Crippen molar-refractivity contribution in [2.24, 2.45) is 0 Å². The van der Waals surface area contributed by atoms with Gasteiger partial charge in [0.1, 0.15) is 17.7 Å². The molecule has 0 aliphatic carbocycles. The van der Waals surface area contributed by atoms with Gasteiger partial charge in [-0.05, 0) is 62.6 Å². The molecule has 3 heterocycles. The van der Waals surface area contributed by atoms with Gasteiger partial charge in [0.25, 0.3) is 0 Å². The average Bonchev–Trinajstić information content (AvgIpc) is 3.26. The number of rotatable bonds is 4. The van der Waals surface area contributed by atoms with Gasteiger partial charge >= 0.3 is 6.09 Å². The Labute approximate surface area is 208 Å². The first kappa shape index (κ1) is 23.9. The van der Waals surface area contributed by atoms with Gasteiger partial charge in [-0.3, -0.25) is 4.90 Å². The van der Waals surface area contributed by atoms with Gasteiger partial charge in [0.2, 0.25) is 0 Å². The predicted molar refractivity (Wildman–Crippen MR) is 134 cm³/mol. The lowest BCUT2D eigenvalue weighted by Gasteiger charge is -2.44. The number of hydrogen-bond donors (Lipinski definition) is 0. The number of likely N-dealkylation sites (tertiary alicyclic amines) is 1. The summed E-state index contributed by atoms with van der Waals surface area (Å²) in [6.45, 7) is 7.75. The SMILES string of the molecule is C[C@@H]1CN(c2nc3ccc(F)cc3s2)[C@@H](C)CN1C(=O)OC1CCN(Cc2ccc(F)cc2)CC1. The molecule has 3 aromatic rings. The van der Waals surface area contributed by atoms with E-state index in [9.17, 15) is 13.6 Å². The lowest BCUT2D eigenvalue weighted by Crippen LogP contribution is -2.58. The molecule has 0 unspecified atom stereocenters. The number of nitrogens with zero attached hydrogens (tertiary/aromatic N) is 4. The zero-order valence-corrected chi connectivity index (χ0v) is 20.8. The van der Waals surface area contributed by atoms with E-state index in [0.717, 1.165) is 53.4 Å². The number of hydrogen-bond acceptors (Lipinski definition) is 6. The molecule has 186 valence electrons. The van der Waals surface area contributed by atoms with Crippen LogP contribution in [0.2, 0.25) is 0 Å². The Bertz CT molecular complexity index is 1180. The standard InChI is InChI=1S/C26H30F2N4O2S/c1-17-15-32(18(2)14-31(17)25-29-23-8-7-21(28)13-24(23)35-25)26(33)34-22-9-11-30(12-10-22)16-19-3-5-20(27)6-4-19/h3-8,13,17-18,22H,9-12,14-16H2,1-2H3/t17-,18+/m0/s1. The fourth-order valence-electron chi connectivity index (χ4n) is 4.90. The van der Waals surface area contributed by atoms with Crippen LogP contribution in [0.5, 0.6) is 0 Å². The van der Waals surface area contributed by atoms with Crippen molar-refractivity contribution in [3.05, 3.63) is 59.7 Å². The summed E-state index contributed by atoms with van der Waals surface area (Å²) in [5.41, 5.74) is 1.87. The van der Waals surface area contributed by atoms with Crippen LogP contribution in [0.15, 0.2) is 42.5 Å². The molecule has 0 saturated carbocycles. The first-order valence-electron chi connectivity index (χ1n) is 12.1. The Hall–Kier alpha value is -2.78. The molecule has 1 amide bonds. The number of anilines is 1. The Balaban J connectivity index is 1.14. The average molecular weight is 501 g/mol. The minimum atomic E-state index is -0.261. The van der Waals surface area contributed by atoms with Gasteiger partial charge in [0.05, 0.1) is 10.2 Å². The van der Waals surface area contributed by atoms with Crippen LogP contribution in [0, 0.1) is 11.6 Å². The number of piperidine rings is 1. The number of thiazole rings is 1. The number of halogens is 2. The molecule has 0 spiro atoms. The van der Waals surface area contributed by atoms with Crippen LogP contribution in [0.25, 0.3) is 10.2 Å². The molecule has 0 N–H and O–H groups in total. The highest BCUT2D eigenvalue weighted by molar-refractivity contribution is 7.22. The summed E-state index contributed by atoms with van der Waals surface area (Å²) in [4.78, 5) is 24.0. The highest BCUT2D eigenvalue weighted by Crippen LogP contribution is 2.32. The van der Waals surface area contributed by atoms with Crippen LogP contribution in [0.1, 0.15) is 32.3 Å². The molecule has 9 heteroatoms. The van der Waals surface area contributed by atoms with Crippen LogP contribution in [0.4, 0.5) is 18.7 Å². The maximum absolute atomic E-state index is 13.6. The molecule has 5 rings (SSSR count). The predicted octanol–water partition coefficient (Wildman–Crippen LogP) is 5.27. The fourth-order valence-corrected chi connectivity index (χ4v) is 6.00. The van der Waals surface area contributed by atoms with Crippen molar-refractivity contribution in [3.63, 3.8) is 0 Å². The van der Waals surface area contributed by atoms with E-state index in [1.807, 2.05) is 24.0 Å². The Morgan fingerprint density at radius 1 is 1.03 bits per heavy atom. The second kappa shape index (κ2) is 10.1. The maximum atomic E-state index is 13.6. The van der Waals surface area contributed by atoms with Gasteiger partial charge in [-0.1, -0.05) is 23.5 Å². The molecule has 2 fully saturated rings. The third-order valence-electron chi connectivity index (χ3n) is 6.93. The topological polar surface area (TPSA) is 48.9 Å². The number of carbonyl (C=O) groups excluding carboxylic acids is 1. The first-order chi connectivity index (χ1) is 16.9. The maximum Gasteiger partial charge on any atom is 0.410 e. The van der Waals surface area contributed by atoms with Crippen molar-refractivity contribution in [2.75, 3.05) is 31.1 Å². The van der Waals surface area contributed by atoms with Crippen LogP contribution in [-0.4, -0.2) is 65.2 Å². The van der Waals surface area contributed by atoms with Gasteiger partial charge < -0.3 is 14.5 Å². The van der Waals surface area contributed by atoms with E-state index in [-0.39, 0.29) is 35.9 Å². The van der Waals surface area contributed by atoms with Crippen molar-refractivity contribution < 1.29 is 18.3 Å². The van der Waals surface area contributed by atoms with E-state index in [4.69, 9.17) is 4.74 Å². The van der Waals surface area contributed by atoms with Crippen molar-refractivity contribution in [1.29, 1.82) is 0 Å². The molecule has 2 saturated heterocycles. The molecule has 2 atom stereocenters. The van der Waals surface area contributed by atoms with Crippen LogP contribution >= 0.6 is 11.3 Å². The van der Waals surface area contributed by atoms with Crippen LogP contribution in [0.3, 0.4) is 0 Å². The molecule has 6 nitrogen and oxygen atoms in total. The summed E-state index contributed by atoms with van der Waals surface area (Å²) in [5, 5.41) is 0.853. The second-order valence-electron chi connectivity index (χ2n) is 9.60. The fraction of sp³-hybridized carbons (Fsp3) is 0.462. The van der Waals surface area contributed by atoms with Gasteiger partial charge in [0.15, 0.2) is 5.13 Å². The first-order valence-corrected chi connectivity index (χ1v) is 12.9. The largest absolute Gasteiger partial charge is 0.446 e. The molecule has 1 aromatic heterocycles. The molecule has 2 aromatic carbocycles. The molecule has 2 aliphatic rings. The van der Waals surface area contributed by atoms with E-state index < -0.39 is 0 Å². The van der Waals surface area contributed by atoms with Gasteiger partial charge in [-0.25, -0.2) is 18.6 Å². The summed E-state index contributed by atoms with van der Waals surface area (Å²) in [6, 6.07) is 11.3. The molecule has 35 heavy (non-hydrogen) atoms. The number of fused-ring (bicyclic) bond motifs is 1.